The topological polar surface area (TPSA) is 61.4 Å². The molecule has 0 radical (unpaired) electrons. The highest BCUT2D eigenvalue weighted by molar-refractivity contribution is 6.31. The van der Waals surface area contributed by atoms with E-state index in [1.165, 1.54) is 4.90 Å². The van der Waals surface area contributed by atoms with Crippen LogP contribution in [0.5, 0.6) is 0 Å². The maximum absolute atomic E-state index is 12.0. The van der Waals surface area contributed by atoms with Gasteiger partial charge in [-0.1, -0.05) is 23.7 Å². The van der Waals surface area contributed by atoms with E-state index in [0.29, 0.717) is 18.1 Å². The minimum absolute atomic E-state index is 0.166. The first-order valence-electron chi connectivity index (χ1n) is 6.03. The second kappa shape index (κ2) is 5.48. The van der Waals surface area contributed by atoms with Crippen molar-refractivity contribution in [1.29, 1.82) is 0 Å². The van der Waals surface area contributed by atoms with Gasteiger partial charge in [0.2, 0.25) is 5.91 Å². The maximum Gasteiger partial charge on any atom is 0.317 e. The molecule has 1 aliphatic heterocycles. The average Bonchev–Trinajstić information content (AvgIpc) is 2.72. The lowest BCUT2D eigenvalue weighted by atomic mass is 10.1. The van der Waals surface area contributed by atoms with Gasteiger partial charge >= 0.3 is 6.03 Å². The normalized spacial score (nSPS) is 18.4. The quantitative estimate of drug-likeness (QED) is 0.877. The number of hydrogen-bond acceptors (Lipinski definition) is 2. The van der Waals surface area contributed by atoms with Crippen LogP contribution in [0.15, 0.2) is 18.2 Å². The van der Waals surface area contributed by atoms with Crippen LogP contribution in [0.25, 0.3) is 0 Å². The van der Waals surface area contributed by atoms with Gasteiger partial charge in [-0.2, -0.15) is 0 Å². The molecule has 0 saturated carbocycles. The lowest BCUT2D eigenvalue weighted by Crippen LogP contribution is -2.43. The van der Waals surface area contributed by atoms with Gasteiger partial charge in [0.15, 0.2) is 0 Å². The Balaban J connectivity index is 1.97. The Hall–Kier alpha value is -1.75. The number of likely N-dealkylation sites (N-methyl/N-ethyl adjacent to an activating group) is 1. The Morgan fingerprint density at radius 3 is 2.95 bits per heavy atom. The van der Waals surface area contributed by atoms with Crippen LogP contribution in [0.2, 0.25) is 5.02 Å². The summed E-state index contributed by atoms with van der Waals surface area (Å²) < 4.78 is 0. The summed E-state index contributed by atoms with van der Waals surface area (Å²) in [5.74, 6) is -0.166. The second-order valence-electron chi connectivity index (χ2n) is 4.55. The molecule has 1 aromatic carbocycles. The number of amides is 3. The predicted molar refractivity (Wildman–Crippen MR) is 73.0 cm³/mol. The highest BCUT2D eigenvalue weighted by Gasteiger charge is 2.32. The summed E-state index contributed by atoms with van der Waals surface area (Å²) in [7, 11) is 1.61. The number of nitrogens with zero attached hydrogens (tertiary/aromatic N) is 1. The molecule has 5 nitrogen and oxygen atoms in total. The first kappa shape index (κ1) is 13.7. The molecule has 102 valence electrons. The van der Waals surface area contributed by atoms with E-state index in [1.54, 1.807) is 7.05 Å². The zero-order valence-corrected chi connectivity index (χ0v) is 11.6. The second-order valence-corrected chi connectivity index (χ2v) is 4.96. The smallest absolute Gasteiger partial charge is 0.317 e. The third-order valence-corrected chi connectivity index (χ3v) is 3.78. The van der Waals surface area contributed by atoms with Gasteiger partial charge in [0.1, 0.15) is 6.04 Å². The largest absolute Gasteiger partial charge is 0.350 e. The number of hydrogen-bond donors (Lipinski definition) is 2. The van der Waals surface area contributed by atoms with Crippen molar-refractivity contribution in [2.24, 2.45) is 0 Å². The summed E-state index contributed by atoms with van der Waals surface area (Å²) in [6.45, 7) is 2.66. The van der Waals surface area contributed by atoms with Gasteiger partial charge in [-0.3, -0.25) is 4.79 Å². The highest BCUT2D eigenvalue weighted by Crippen LogP contribution is 2.18. The van der Waals surface area contributed by atoms with Gasteiger partial charge in [-0.25, -0.2) is 4.79 Å². The molecule has 1 heterocycles. The van der Waals surface area contributed by atoms with Crippen molar-refractivity contribution in [3.8, 4) is 0 Å². The van der Waals surface area contributed by atoms with E-state index in [1.807, 2.05) is 25.1 Å². The van der Waals surface area contributed by atoms with E-state index >= 15 is 0 Å². The molecular formula is C13H16ClN3O2. The van der Waals surface area contributed by atoms with Crippen molar-refractivity contribution in [2.45, 2.75) is 19.5 Å². The van der Waals surface area contributed by atoms with Crippen LogP contribution in [0, 0.1) is 6.92 Å². The number of halogens is 1. The van der Waals surface area contributed by atoms with E-state index in [2.05, 4.69) is 10.6 Å². The summed E-state index contributed by atoms with van der Waals surface area (Å²) in [6, 6.07) is 4.91. The minimum Gasteiger partial charge on any atom is -0.350 e. The van der Waals surface area contributed by atoms with Crippen molar-refractivity contribution in [2.75, 3.05) is 13.6 Å². The van der Waals surface area contributed by atoms with Crippen molar-refractivity contribution >= 4 is 23.5 Å². The van der Waals surface area contributed by atoms with Crippen LogP contribution in [-0.2, 0) is 11.3 Å². The molecule has 1 saturated heterocycles. The summed E-state index contributed by atoms with van der Waals surface area (Å²) in [5.41, 5.74) is 1.93. The van der Waals surface area contributed by atoms with E-state index in [0.717, 1.165) is 11.1 Å². The first-order chi connectivity index (χ1) is 9.00. The first-order valence-corrected chi connectivity index (χ1v) is 6.41. The van der Waals surface area contributed by atoms with Crippen LogP contribution in [0.4, 0.5) is 4.79 Å². The zero-order chi connectivity index (χ0) is 14.0. The van der Waals surface area contributed by atoms with Crippen molar-refractivity contribution in [3.63, 3.8) is 0 Å². The molecule has 2 rings (SSSR count). The van der Waals surface area contributed by atoms with Gasteiger partial charge in [0, 0.05) is 25.2 Å². The number of rotatable bonds is 3. The third kappa shape index (κ3) is 2.81. The van der Waals surface area contributed by atoms with Crippen LogP contribution >= 0.6 is 11.6 Å². The van der Waals surface area contributed by atoms with Gasteiger partial charge in [0.25, 0.3) is 0 Å². The molecule has 0 aromatic heterocycles. The fourth-order valence-corrected chi connectivity index (χ4v) is 2.19. The van der Waals surface area contributed by atoms with Crippen molar-refractivity contribution < 1.29 is 9.59 Å². The van der Waals surface area contributed by atoms with Gasteiger partial charge in [-0.05, 0) is 24.1 Å². The zero-order valence-electron chi connectivity index (χ0n) is 10.9. The monoisotopic (exact) mass is 281 g/mol. The Morgan fingerprint density at radius 1 is 1.58 bits per heavy atom. The number of carbonyl (C=O) groups is 2. The highest BCUT2D eigenvalue weighted by atomic mass is 35.5. The molecule has 0 bridgehead atoms. The number of carbonyl (C=O) groups excluding carboxylic acids is 2. The summed E-state index contributed by atoms with van der Waals surface area (Å²) >= 11 is 6.02. The molecule has 3 amide bonds. The average molecular weight is 282 g/mol. The Labute approximate surface area is 116 Å². The lowest BCUT2D eigenvalue weighted by molar-refractivity contribution is -0.124. The Kier molecular flexibility index (Phi) is 3.95. The molecule has 0 aliphatic carbocycles. The van der Waals surface area contributed by atoms with E-state index in [-0.39, 0.29) is 11.9 Å². The van der Waals surface area contributed by atoms with Gasteiger partial charge in [0.05, 0.1) is 0 Å². The van der Waals surface area contributed by atoms with Gasteiger partial charge < -0.3 is 15.5 Å². The van der Waals surface area contributed by atoms with Gasteiger partial charge in [-0.15, -0.1) is 0 Å². The Morgan fingerprint density at radius 2 is 2.32 bits per heavy atom. The SMILES string of the molecule is Cc1c(Cl)cccc1CNC(=O)[C@@H]1CNC(=O)N1C. The summed E-state index contributed by atoms with van der Waals surface area (Å²) in [5, 5.41) is 6.13. The summed E-state index contributed by atoms with van der Waals surface area (Å²) in [4.78, 5) is 24.7. The molecule has 1 aliphatic rings. The minimum atomic E-state index is -0.452. The Bertz CT molecular complexity index is 519. The van der Waals surface area contributed by atoms with E-state index in [4.69, 9.17) is 11.6 Å². The molecule has 2 N–H and O–H groups in total. The van der Waals surface area contributed by atoms with E-state index in [9.17, 15) is 9.59 Å². The van der Waals surface area contributed by atoms with E-state index < -0.39 is 6.04 Å². The van der Waals surface area contributed by atoms with Crippen LogP contribution in [-0.4, -0.2) is 36.5 Å². The molecule has 0 spiro atoms. The lowest BCUT2D eigenvalue weighted by Gasteiger charge is -2.17. The molecule has 0 unspecified atom stereocenters. The van der Waals surface area contributed by atoms with Crippen LogP contribution in [0.3, 0.4) is 0 Å². The standard InChI is InChI=1S/C13H16ClN3O2/c1-8-9(4-3-5-10(8)14)6-15-12(18)11-7-16-13(19)17(11)2/h3-5,11H,6-7H2,1-2H3,(H,15,18)(H,16,19)/t11-/m0/s1. The summed E-state index contributed by atoms with van der Waals surface area (Å²) in [6.07, 6.45) is 0. The van der Waals surface area contributed by atoms with Crippen LogP contribution in [0.1, 0.15) is 11.1 Å². The van der Waals surface area contributed by atoms with Crippen molar-refractivity contribution in [3.05, 3.63) is 34.3 Å². The maximum atomic E-state index is 12.0. The number of urea groups is 1. The molecule has 1 fully saturated rings. The molecule has 1 aromatic rings. The fraction of sp³-hybridized carbons (Fsp3) is 0.385. The fourth-order valence-electron chi connectivity index (χ4n) is 2.00. The molecule has 6 heteroatoms. The van der Waals surface area contributed by atoms with Crippen LogP contribution < -0.4 is 10.6 Å². The molecular weight excluding hydrogens is 266 g/mol. The predicted octanol–water partition coefficient (Wildman–Crippen LogP) is 1.29. The number of nitrogens with one attached hydrogen (secondary N) is 2. The van der Waals surface area contributed by atoms with Crippen molar-refractivity contribution in [1.82, 2.24) is 15.5 Å². The third-order valence-electron chi connectivity index (χ3n) is 3.37. The molecule has 1 atom stereocenters. The molecule has 19 heavy (non-hydrogen) atoms. The number of benzene rings is 1.